The van der Waals surface area contributed by atoms with Gasteiger partial charge in [0.1, 0.15) is 0 Å². The fourth-order valence-electron chi connectivity index (χ4n) is 2.94. The van der Waals surface area contributed by atoms with E-state index in [1.807, 2.05) is 24.3 Å². The van der Waals surface area contributed by atoms with E-state index < -0.39 is 0 Å². The van der Waals surface area contributed by atoms with E-state index in [0.717, 1.165) is 37.1 Å². The molecule has 1 N–H and O–H groups in total. The Labute approximate surface area is 125 Å². The van der Waals surface area contributed by atoms with Gasteiger partial charge in [-0.3, -0.25) is 4.79 Å². The van der Waals surface area contributed by atoms with Gasteiger partial charge in [0.2, 0.25) is 5.91 Å². The van der Waals surface area contributed by atoms with Gasteiger partial charge in [-0.05, 0) is 55.7 Å². The van der Waals surface area contributed by atoms with Crippen molar-refractivity contribution in [1.29, 1.82) is 0 Å². The minimum atomic E-state index is 0.00717. The van der Waals surface area contributed by atoms with Crippen LogP contribution < -0.4 is 5.32 Å². The molecule has 0 unspecified atom stereocenters. The second kappa shape index (κ2) is 5.61. The van der Waals surface area contributed by atoms with Crippen molar-refractivity contribution in [3.05, 3.63) is 47.0 Å². The second-order valence-corrected chi connectivity index (χ2v) is 6.54. The van der Waals surface area contributed by atoms with Crippen LogP contribution in [0.3, 0.4) is 0 Å². The Morgan fingerprint density at radius 1 is 1.30 bits per heavy atom. The third kappa shape index (κ3) is 3.43. The zero-order chi connectivity index (χ0) is 14.0. The number of carbonyl (C=O) groups excluding carboxylic acids is 1. The van der Waals surface area contributed by atoms with Gasteiger partial charge in [-0.1, -0.05) is 35.9 Å². The molecule has 0 aromatic heterocycles. The molecule has 3 heteroatoms. The first kappa shape index (κ1) is 13.7. The molecule has 1 saturated carbocycles. The summed E-state index contributed by atoms with van der Waals surface area (Å²) < 4.78 is 0. The highest BCUT2D eigenvalue weighted by molar-refractivity contribution is 6.30. The van der Waals surface area contributed by atoms with Crippen molar-refractivity contribution in [3.8, 4) is 0 Å². The van der Waals surface area contributed by atoms with Crippen LogP contribution in [-0.4, -0.2) is 11.4 Å². The summed E-state index contributed by atoms with van der Waals surface area (Å²) in [6, 6.07) is 7.93. The van der Waals surface area contributed by atoms with E-state index in [-0.39, 0.29) is 11.4 Å². The average molecular weight is 290 g/mol. The van der Waals surface area contributed by atoms with Crippen molar-refractivity contribution in [1.82, 2.24) is 5.32 Å². The lowest BCUT2D eigenvalue weighted by Crippen LogP contribution is -2.39. The van der Waals surface area contributed by atoms with Gasteiger partial charge in [-0.15, -0.1) is 0 Å². The zero-order valence-corrected chi connectivity index (χ0v) is 12.3. The highest BCUT2D eigenvalue weighted by atomic mass is 35.5. The van der Waals surface area contributed by atoms with Crippen LogP contribution in [0.25, 0.3) is 0 Å². The average Bonchev–Trinajstić information content (AvgIpc) is 2.96. The van der Waals surface area contributed by atoms with Crippen molar-refractivity contribution in [3.63, 3.8) is 0 Å². The Bertz CT molecular complexity index is 516. The number of amides is 1. The van der Waals surface area contributed by atoms with Crippen LogP contribution in [0.5, 0.6) is 0 Å². The molecule has 106 valence electrons. The Morgan fingerprint density at radius 2 is 2.05 bits per heavy atom. The van der Waals surface area contributed by atoms with Crippen LogP contribution in [0.4, 0.5) is 0 Å². The number of hydrogen-bond acceptors (Lipinski definition) is 1. The summed E-state index contributed by atoms with van der Waals surface area (Å²) >= 11 is 5.90. The normalized spacial score (nSPS) is 22.8. The molecule has 1 aromatic carbocycles. The standard InChI is InChI=1S/C17H20ClNO/c18-15-7-5-14(6-8-15)12-17(9-10-17)19-16(20)11-13-3-1-2-4-13/h1,3,5-8,13H,2,4,9-12H2,(H,19,20)/t13-/m0/s1. The van der Waals surface area contributed by atoms with E-state index in [9.17, 15) is 4.79 Å². The quantitative estimate of drug-likeness (QED) is 0.819. The lowest BCUT2D eigenvalue weighted by molar-refractivity contribution is -0.122. The second-order valence-electron chi connectivity index (χ2n) is 6.10. The lowest BCUT2D eigenvalue weighted by Gasteiger charge is -2.19. The Hall–Kier alpha value is -1.28. The molecule has 1 aromatic rings. The smallest absolute Gasteiger partial charge is 0.221 e. The number of nitrogens with one attached hydrogen (secondary N) is 1. The van der Waals surface area contributed by atoms with Gasteiger partial charge in [0.25, 0.3) is 0 Å². The summed E-state index contributed by atoms with van der Waals surface area (Å²) in [4.78, 5) is 12.1. The molecule has 2 nitrogen and oxygen atoms in total. The summed E-state index contributed by atoms with van der Waals surface area (Å²) in [6.07, 6.45) is 10.3. The molecule has 0 bridgehead atoms. The summed E-state index contributed by atoms with van der Waals surface area (Å²) in [5, 5.41) is 4.01. The number of allylic oxidation sites excluding steroid dienone is 2. The molecule has 0 radical (unpaired) electrons. The summed E-state index contributed by atoms with van der Waals surface area (Å²) in [5.41, 5.74) is 1.25. The highest BCUT2D eigenvalue weighted by Gasteiger charge is 2.43. The van der Waals surface area contributed by atoms with E-state index >= 15 is 0 Å². The third-order valence-electron chi connectivity index (χ3n) is 4.27. The number of carbonyl (C=O) groups is 1. The van der Waals surface area contributed by atoms with Crippen molar-refractivity contribution in [2.45, 2.75) is 44.1 Å². The first-order valence-electron chi connectivity index (χ1n) is 7.37. The van der Waals surface area contributed by atoms with Crippen molar-refractivity contribution in [2.75, 3.05) is 0 Å². The van der Waals surface area contributed by atoms with Crippen LogP contribution in [0.1, 0.15) is 37.7 Å². The van der Waals surface area contributed by atoms with E-state index in [1.165, 1.54) is 5.56 Å². The van der Waals surface area contributed by atoms with Crippen molar-refractivity contribution in [2.24, 2.45) is 5.92 Å². The van der Waals surface area contributed by atoms with Gasteiger partial charge in [-0.25, -0.2) is 0 Å². The van der Waals surface area contributed by atoms with Gasteiger partial charge in [0, 0.05) is 17.0 Å². The highest BCUT2D eigenvalue weighted by Crippen LogP contribution is 2.39. The number of rotatable bonds is 5. The molecule has 0 spiro atoms. The topological polar surface area (TPSA) is 29.1 Å². The minimum absolute atomic E-state index is 0.00717. The SMILES string of the molecule is O=C(C[C@H]1C=CCC1)NC1(Cc2ccc(Cl)cc2)CC1. The molecular weight excluding hydrogens is 270 g/mol. The Morgan fingerprint density at radius 3 is 2.65 bits per heavy atom. The van der Waals surface area contributed by atoms with Crippen LogP contribution in [0.15, 0.2) is 36.4 Å². The van der Waals surface area contributed by atoms with Crippen LogP contribution in [-0.2, 0) is 11.2 Å². The molecule has 0 saturated heterocycles. The van der Waals surface area contributed by atoms with Crippen LogP contribution >= 0.6 is 11.6 Å². The largest absolute Gasteiger partial charge is 0.350 e. The molecule has 1 amide bonds. The minimum Gasteiger partial charge on any atom is -0.350 e. The molecule has 0 heterocycles. The van der Waals surface area contributed by atoms with E-state index in [4.69, 9.17) is 11.6 Å². The van der Waals surface area contributed by atoms with E-state index in [1.54, 1.807) is 0 Å². The third-order valence-corrected chi connectivity index (χ3v) is 4.53. The molecule has 3 rings (SSSR count). The predicted molar refractivity (Wildman–Crippen MR) is 81.7 cm³/mol. The van der Waals surface area contributed by atoms with Crippen LogP contribution in [0.2, 0.25) is 5.02 Å². The van der Waals surface area contributed by atoms with E-state index in [2.05, 4.69) is 17.5 Å². The lowest BCUT2D eigenvalue weighted by atomic mass is 10.0. The maximum Gasteiger partial charge on any atom is 0.221 e. The summed E-state index contributed by atoms with van der Waals surface area (Å²) in [7, 11) is 0. The van der Waals surface area contributed by atoms with Gasteiger partial charge >= 0.3 is 0 Å². The maximum atomic E-state index is 12.1. The molecule has 20 heavy (non-hydrogen) atoms. The first-order chi connectivity index (χ1) is 9.65. The first-order valence-corrected chi connectivity index (χ1v) is 7.75. The van der Waals surface area contributed by atoms with Gasteiger partial charge < -0.3 is 5.32 Å². The fourth-order valence-corrected chi connectivity index (χ4v) is 3.07. The van der Waals surface area contributed by atoms with Crippen LogP contribution in [0, 0.1) is 5.92 Å². The molecular formula is C17H20ClNO. The Kier molecular flexibility index (Phi) is 3.84. The monoisotopic (exact) mass is 289 g/mol. The van der Waals surface area contributed by atoms with E-state index in [0.29, 0.717) is 12.3 Å². The van der Waals surface area contributed by atoms with Gasteiger partial charge in [0.05, 0.1) is 0 Å². The molecule has 2 aliphatic carbocycles. The number of halogens is 1. The number of hydrogen-bond donors (Lipinski definition) is 1. The Balaban J connectivity index is 1.54. The number of benzene rings is 1. The zero-order valence-electron chi connectivity index (χ0n) is 11.6. The molecule has 0 aliphatic heterocycles. The molecule has 1 atom stereocenters. The molecule has 1 fully saturated rings. The van der Waals surface area contributed by atoms with Crippen molar-refractivity contribution < 1.29 is 4.79 Å². The summed E-state index contributed by atoms with van der Waals surface area (Å²) in [5.74, 6) is 0.648. The van der Waals surface area contributed by atoms with Crippen molar-refractivity contribution >= 4 is 17.5 Å². The maximum absolute atomic E-state index is 12.1. The van der Waals surface area contributed by atoms with Gasteiger partial charge in [0.15, 0.2) is 0 Å². The molecule has 2 aliphatic rings. The van der Waals surface area contributed by atoms with Gasteiger partial charge in [-0.2, -0.15) is 0 Å². The predicted octanol–water partition coefficient (Wildman–Crippen LogP) is 3.89. The summed E-state index contributed by atoms with van der Waals surface area (Å²) in [6.45, 7) is 0. The fraction of sp³-hybridized carbons (Fsp3) is 0.471.